The molecular weight excluding hydrogens is 370 g/mol. The van der Waals surface area contributed by atoms with E-state index in [4.69, 9.17) is 21.7 Å². The molecule has 0 spiro atoms. The van der Waals surface area contributed by atoms with E-state index in [0.29, 0.717) is 27.3 Å². The number of aromatic hydroxyl groups is 1. The van der Waals surface area contributed by atoms with Crippen LogP contribution in [0.3, 0.4) is 0 Å². The van der Waals surface area contributed by atoms with Gasteiger partial charge in [0.15, 0.2) is 15.8 Å². The van der Waals surface area contributed by atoms with Crippen LogP contribution < -0.4 is 14.4 Å². The SMILES string of the molecule is CCOc1ccc(N2C(=O)/C(=C/c3ccc(O)c(OC)c3)SC2=S)cc1. The Morgan fingerprint density at radius 1 is 1.23 bits per heavy atom. The number of anilines is 1. The first-order valence-electron chi connectivity index (χ1n) is 7.91. The number of methoxy groups -OCH3 is 1. The Kier molecular flexibility index (Phi) is 5.49. The van der Waals surface area contributed by atoms with E-state index in [0.717, 1.165) is 11.3 Å². The zero-order valence-corrected chi connectivity index (χ0v) is 15.9. The maximum Gasteiger partial charge on any atom is 0.270 e. The standard InChI is InChI=1S/C19H17NO4S2/c1-3-24-14-7-5-13(6-8-14)20-18(22)17(26-19(20)25)11-12-4-9-15(21)16(10-12)23-2/h4-11,21H,3H2,1-2H3/b17-11-. The van der Waals surface area contributed by atoms with Gasteiger partial charge in [0.05, 0.1) is 24.3 Å². The summed E-state index contributed by atoms with van der Waals surface area (Å²) in [5.74, 6) is 0.956. The summed E-state index contributed by atoms with van der Waals surface area (Å²) >= 11 is 6.62. The Morgan fingerprint density at radius 2 is 1.96 bits per heavy atom. The number of carbonyl (C=O) groups is 1. The van der Waals surface area contributed by atoms with Crippen molar-refractivity contribution in [1.82, 2.24) is 0 Å². The van der Waals surface area contributed by atoms with Gasteiger partial charge in [-0.2, -0.15) is 0 Å². The fourth-order valence-corrected chi connectivity index (χ4v) is 3.78. The predicted octanol–water partition coefficient (Wildman–Crippen LogP) is 4.21. The first-order valence-corrected chi connectivity index (χ1v) is 9.13. The third-order valence-corrected chi connectivity index (χ3v) is 5.00. The van der Waals surface area contributed by atoms with Gasteiger partial charge in [-0.25, -0.2) is 0 Å². The lowest BCUT2D eigenvalue weighted by Gasteiger charge is -2.15. The van der Waals surface area contributed by atoms with E-state index in [1.54, 1.807) is 18.2 Å². The van der Waals surface area contributed by atoms with Crippen LogP contribution in [-0.4, -0.2) is 29.1 Å². The van der Waals surface area contributed by atoms with Crippen molar-refractivity contribution in [3.63, 3.8) is 0 Å². The van der Waals surface area contributed by atoms with E-state index in [1.807, 2.05) is 31.2 Å². The van der Waals surface area contributed by atoms with Crippen molar-refractivity contribution in [3.05, 3.63) is 52.9 Å². The predicted molar refractivity (Wildman–Crippen MR) is 108 cm³/mol. The minimum Gasteiger partial charge on any atom is -0.504 e. The summed E-state index contributed by atoms with van der Waals surface area (Å²) in [7, 11) is 1.48. The number of phenolic OH excluding ortho intramolecular Hbond substituents is 1. The number of nitrogens with zero attached hydrogens (tertiary/aromatic N) is 1. The molecule has 0 aromatic heterocycles. The van der Waals surface area contributed by atoms with Crippen molar-refractivity contribution in [1.29, 1.82) is 0 Å². The van der Waals surface area contributed by atoms with Gasteiger partial charge in [0.25, 0.3) is 5.91 Å². The molecule has 0 bridgehead atoms. The summed E-state index contributed by atoms with van der Waals surface area (Å²) < 4.78 is 11.0. The quantitative estimate of drug-likeness (QED) is 0.613. The van der Waals surface area contributed by atoms with E-state index < -0.39 is 0 Å². The molecule has 3 rings (SSSR count). The number of carbonyl (C=O) groups excluding carboxylic acids is 1. The van der Waals surface area contributed by atoms with Crippen LogP contribution in [0.1, 0.15) is 12.5 Å². The Balaban J connectivity index is 1.86. The number of thiocarbonyl (C=S) groups is 1. The fourth-order valence-electron chi connectivity index (χ4n) is 2.48. The van der Waals surface area contributed by atoms with Gasteiger partial charge in [0, 0.05) is 0 Å². The highest BCUT2D eigenvalue weighted by Crippen LogP contribution is 2.37. The van der Waals surface area contributed by atoms with Gasteiger partial charge >= 0.3 is 0 Å². The second-order valence-corrected chi connectivity index (χ2v) is 7.05. The van der Waals surface area contributed by atoms with Crippen LogP contribution in [0.5, 0.6) is 17.2 Å². The molecule has 1 N–H and O–H groups in total. The highest BCUT2D eigenvalue weighted by Gasteiger charge is 2.33. The molecule has 0 radical (unpaired) electrons. The third kappa shape index (κ3) is 3.68. The normalized spacial score (nSPS) is 15.6. The lowest BCUT2D eigenvalue weighted by atomic mass is 10.2. The van der Waals surface area contributed by atoms with Crippen LogP contribution in [0.2, 0.25) is 0 Å². The van der Waals surface area contributed by atoms with Crippen LogP contribution in [0.15, 0.2) is 47.4 Å². The molecule has 1 saturated heterocycles. The van der Waals surface area contributed by atoms with Crippen molar-refractivity contribution >= 4 is 46.0 Å². The summed E-state index contributed by atoms with van der Waals surface area (Å²) in [5.41, 5.74) is 1.44. The molecule has 1 amide bonds. The molecule has 134 valence electrons. The Bertz CT molecular complexity index is 878. The van der Waals surface area contributed by atoms with Gasteiger partial charge in [-0.05, 0) is 55.0 Å². The molecule has 1 fully saturated rings. The molecule has 0 aliphatic carbocycles. The van der Waals surface area contributed by atoms with Gasteiger partial charge in [0.1, 0.15) is 5.75 Å². The van der Waals surface area contributed by atoms with Crippen LogP contribution in [0, 0.1) is 0 Å². The highest BCUT2D eigenvalue weighted by molar-refractivity contribution is 8.27. The molecule has 0 atom stereocenters. The molecule has 2 aromatic rings. The first kappa shape index (κ1) is 18.3. The van der Waals surface area contributed by atoms with Crippen LogP contribution in [0.25, 0.3) is 6.08 Å². The molecule has 1 aliphatic heterocycles. The highest BCUT2D eigenvalue weighted by atomic mass is 32.2. The van der Waals surface area contributed by atoms with E-state index in [9.17, 15) is 9.90 Å². The topological polar surface area (TPSA) is 59.0 Å². The minimum absolute atomic E-state index is 0.0478. The second-order valence-electron chi connectivity index (χ2n) is 5.38. The zero-order chi connectivity index (χ0) is 18.7. The third-order valence-electron chi connectivity index (χ3n) is 3.70. The number of thioether (sulfide) groups is 1. The smallest absolute Gasteiger partial charge is 0.270 e. The van der Waals surface area contributed by atoms with Crippen LogP contribution >= 0.6 is 24.0 Å². The summed E-state index contributed by atoms with van der Waals surface area (Å²) in [6.45, 7) is 2.50. The minimum atomic E-state index is -0.184. The number of phenols is 1. The average molecular weight is 387 g/mol. The maximum atomic E-state index is 12.8. The Morgan fingerprint density at radius 3 is 2.62 bits per heavy atom. The van der Waals surface area contributed by atoms with Crippen molar-refractivity contribution in [2.24, 2.45) is 0 Å². The molecular formula is C19H17NO4S2. The van der Waals surface area contributed by atoms with Gasteiger partial charge < -0.3 is 14.6 Å². The van der Waals surface area contributed by atoms with Crippen molar-refractivity contribution in [2.45, 2.75) is 6.92 Å². The molecule has 0 saturated carbocycles. The van der Waals surface area contributed by atoms with E-state index in [-0.39, 0.29) is 11.7 Å². The lowest BCUT2D eigenvalue weighted by molar-refractivity contribution is -0.113. The van der Waals surface area contributed by atoms with Crippen molar-refractivity contribution in [3.8, 4) is 17.2 Å². The largest absolute Gasteiger partial charge is 0.504 e. The number of ether oxygens (including phenoxy) is 2. The van der Waals surface area contributed by atoms with Gasteiger partial charge in [-0.15, -0.1) is 0 Å². The summed E-state index contributed by atoms with van der Waals surface area (Å²) in [5, 5.41) is 9.68. The van der Waals surface area contributed by atoms with Gasteiger partial charge in [0.2, 0.25) is 0 Å². The second kappa shape index (κ2) is 7.80. The average Bonchev–Trinajstić information content (AvgIpc) is 2.91. The van der Waals surface area contributed by atoms with E-state index in [1.165, 1.54) is 29.8 Å². The number of rotatable bonds is 5. The Labute approximate surface area is 161 Å². The molecule has 1 heterocycles. The number of benzene rings is 2. The Hall–Kier alpha value is -2.51. The number of hydrogen-bond acceptors (Lipinski definition) is 6. The van der Waals surface area contributed by atoms with E-state index >= 15 is 0 Å². The summed E-state index contributed by atoms with van der Waals surface area (Å²) in [4.78, 5) is 14.8. The van der Waals surface area contributed by atoms with Gasteiger partial charge in [-0.1, -0.05) is 30.0 Å². The fraction of sp³-hybridized carbons (Fsp3) is 0.158. The zero-order valence-electron chi connectivity index (χ0n) is 14.3. The molecule has 0 unspecified atom stereocenters. The first-order chi connectivity index (χ1) is 12.5. The van der Waals surface area contributed by atoms with Crippen LogP contribution in [-0.2, 0) is 4.79 Å². The summed E-state index contributed by atoms with van der Waals surface area (Å²) in [6.07, 6.45) is 1.73. The van der Waals surface area contributed by atoms with E-state index in [2.05, 4.69) is 0 Å². The van der Waals surface area contributed by atoms with Crippen LogP contribution in [0.4, 0.5) is 5.69 Å². The lowest BCUT2D eigenvalue weighted by Crippen LogP contribution is -2.27. The monoisotopic (exact) mass is 387 g/mol. The van der Waals surface area contributed by atoms with Crippen molar-refractivity contribution < 1.29 is 19.4 Å². The molecule has 1 aliphatic rings. The summed E-state index contributed by atoms with van der Waals surface area (Å²) in [6, 6.07) is 12.1. The maximum absolute atomic E-state index is 12.8. The number of hydrogen-bond donors (Lipinski definition) is 1. The molecule has 7 heteroatoms. The molecule has 26 heavy (non-hydrogen) atoms. The molecule has 2 aromatic carbocycles. The van der Waals surface area contributed by atoms with Crippen molar-refractivity contribution in [2.75, 3.05) is 18.6 Å². The number of amides is 1. The molecule has 5 nitrogen and oxygen atoms in total. The van der Waals surface area contributed by atoms with Gasteiger partial charge in [-0.3, -0.25) is 9.69 Å².